The van der Waals surface area contributed by atoms with Gasteiger partial charge in [-0.1, -0.05) is 30.7 Å². The predicted molar refractivity (Wildman–Crippen MR) is 93.1 cm³/mol. The van der Waals surface area contributed by atoms with E-state index in [4.69, 9.17) is 5.73 Å². The fourth-order valence-electron chi connectivity index (χ4n) is 4.19. The first kappa shape index (κ1) is 14.4. The Hall–Kier alpha value is -1.16. The molecule has 4 rings (SSSR count). The molecule has 0 bridgehead atoms. The Labute approximate surface area is 137 Å². The first-order valence-corrected chi connectivity index (χ1v) is 9.40. The molecule has 2 nitrogen and oxygen atoms in total. The smallest absolute Gasteiger partial charge is 0.0559 e. The number of hydrogen-bond acceptors (Lipinski definition) is 3. The standard InChI is InChI=1S/C19H24N2S/c20-19(16-10-12-22-13-16)15-6-4-14(5-7-15)18-9-8-17-3-1-2-11-21(17)18/h4-7,10,12-13,17-19H,1-3,8-9,11,20H2. The summed E-state index contributed by atoms with van der Waals surface area (Å²) in [7, 11) is 0. The van der Waals surface area contributed by atoms with E-state index < -0.39 is 0 Å². The van der Waals surface area contributed by atoms with Crippen molar-refractivity contribution < 1.29 is 0 Å². The Bertz CT molecular complexity index is 605. The molecule has 2 N–H and O–H groups in total. The number of rotatable bonds is 3. The Balaban J connectivity index is 1.52. The van der Waals surface area contributed by atoms with Gasteiger partial charge in [-0.15, -0.1) is 0 Å². The minimum Gasteiger partial charge on any atom is -0.320 e. The normalized spacial score (nSPS) is 26.8. The van der Waals surface area contributed by atoms with Crippen LogP contribution in [0.5, 0.6) is 0 Å². The lowest BCUT2D eigenvalue weighted by Crippen LogP contribution is -2.35. The number of fused-ring (bicyclic) bond motifs is 1. The molecule has 3 atom stereocenters. The number of benzene rings is 1. The molecule has 0 aliphatic carbocycles. The van der Waals surface area contributed by atoms with Crippen molar-refractivity contribution >= 4 is 11.3 Å². The summed E-state index contributed by atoms with van der Waals surface area (Å²) in [5.41, 5.74) is 10.3. The van der Waals surface area contributed by atoms with Gasteiger partial charge in [0.05, 0.1) is 6.04 Å². The van der Waals surface area contributed by atoms with Crippen molar-refractivity contribution in [1.29, 1.82) is 0 Å². The van der Waals surface area contributed by atoms with Crippen molar-refractivity contribution in [2.24, 2.45) is 5.73 Å². The average molecular weight is 312 g/mol. The van der Waals surface area contributed by atoms with E-state index >= 15 is 0 Å². The third kappa shape index (κ3) is 2.62. The lowest BCUT2D eigenvalue weighted by molar-refractivity contribution is 0.150. The Morgan fingerprint density at radius 3 is 2.64 bits per heavy atom. The summed E-state index contributed by atoms with van der Waals surface area (Å²) < 4.78 is 0. The number of piperidine rings is 1. The SMILES string of the molecule is NC(c1ccc(C2CCC3CCCCN32)cc1)c1ccsc1. The maximum Gasteiger partial charge on any atom is 0.0559 e. The van der Waals surface area contributed by atoms with Gasteiger partial charge in [0.15, 0.2) is 0 Å². The quantitative estimate of drug-likeness (QED) is 0.905. The van der Waals surface area contributed by atoms with Gasteiger partial charge in [-0.25, -0.2) is 0 Å². The van der Waals surface area contributed by atoms with Gasteiger partial charge in [0.25, 0.3) is 0 Å². The summed E-state index contributed by atoms with van der Waals surface area (Å²) in [6.07, 6.45) is 6.88. The van der Waals surface area contributed by atoms with E-state index in [1.165, 1.54) is 55.3 Å². The highest BCUT2D eigenvalue weighted by Crippen LogP contribution is 2.40. The highest BCUT2D eigenvalue weighted by Gasteiger charge is 2.35. The summed E-state index contributed by atoms with van der Waals surface area (Å²) in [6, 6.07) is 12.7. The van der Waals surface area contributed by atoms with Crippen molar-refractivity contribution in [2.75, 3.05) is 6.54 Å². The number of thiophene rings is 1. The minimum atomic E-state index is 0.00612. The molecular weight excluding hydrogens is 288 g/mol. The molecule has 3 heteroatoms. The van der Waals surface area contributed by atoms with Crippen molar-refractivity contribution in [3.8, 4) is 0 Å². The number of hydrogen-bond donors (Lipinski definition) is 1. The molecule has 2 saturated heterocycles. The second-order valence-corrected chi connectivity index (χ2v) is 7.46. The van der Waals surface area contributed by atoms with Crippen LogP contribution in [0.1, 0.15) is 60.9 Å². The van der Waals surface area contributed by atoms with Gasteiger partial charge >= 0.3 is 0 Å². The van der Waals surface area contributed by atoms with Crippen LogP contribution in [-0.2, 0) is 0 Å². The summed E-state index contributed by atoms with van der Waals surface area (Å²) in [5.74, 6) is 0. The van der Waals surface area contributed by atoms with E-state index in [0.717, 1.165) is 6.04 Å². The molecule has 1 aromatic carbocycles. The first-order chi connectivity index (χ1) is 10.8. The Morgan fingerprint density at radius 2 is 1.86 bits per heavy atom. The van der Waals surface area contributed by atoms with Crippen LogP contribution in [0.3, 0.4) is 0 Å². The van der Waals surface area contributed by atoms with E-state index in [2.05, 4.69) is 46.0 Å². The summed E-state index contributed by atoms with van der Waals surface area (Å²) in [4.78, 5) is 2.75. The first-order valence-electron chi connectivity index (χ1n) is 8.46. The molecule has 116 valence electrons. The molecular formula is C19H24N2S. The van der Waals surface area contributed by atoms with E-state index in [1.807, 2.05) is 0 Å². The molecule has 2 aliphatic rings. The molecule has 0 spiro atoms. The summed E-state index contributed by atoms with van der Waals surface area (Å²) in [6.45, 7) is 1.28. The zero-order valence-electron chi connectivity index (χ0n) is 12.9. The second-order valence-electron chi connectivity index (χ2n) is 6.68. The molecule has 3 heterocycles. The molecule has 2 fully saturated rings. The molecule has 0 amide bonds. The van der Waals surface area contributed by atoms with Crippen molar-refractivity contribution in [3.63, 3.8) is 0 Å². The highest BCUT2D eigenvalue weighted by molar-refractivity contribution is 7.08. The summed E-state index contributed by atoms with van der Waals surface area (Å²) in [5, 5.41) is 4.24. The molecule has 0 radical (unpaired) electrons. The van der Waals surface area contributed by atoms with Crippen LogP contribution in [0.15, 0.2) is 41.1 Å². The monoisotopic (exact) mass is 312 g/mol. The van der Waals surface area contributed by atoms with Gasteiger partial charge in [0, 0.05) is 12.1 Å². The van der Waals surface area contributed by atoms with Crippen LogP contribution in [0, 0.1) is 0 Å². The lowest BCUT2D eigenvalue weighted by Gasteiger charge is -2.34. The van der Waals surface area contributed by atoms with Crippen molar-refractivity contribution in [1.82, 2.24) is 4.90 Å². The topological polar surface area (TPSA) is 29.3 Å². The fourth-order valence-corrected chi connectivity index (χ4v) is 4.88. The Morgan fingerprint density at radius 1 is 1.00 bits per heavy atom. The maximum absolute atomic E-state index is 6.37. The third-order valence-electron chi connectivity index (χ3n) is 5.43. The molecule has 2 aliphatic heterocycles. The van der Waals surface area contributed by atoms with Crippen LogP contribution in [0.25, 0.3) is 0 Å². The predicted octanol–water partition coefficient (Wildman–Crippen LogP) is 4.49. The van der Waals surface area contributed by atoms with Gasteiger partial charge < -0.3 is 5.73 Å². The van der Waals surface area contributed by atoms with Crippen LogP contribution in [-0.4, -0.2) is 17.5 Å². The van der Waals surface area contributed by atoms with Gasteiger partial charge in [-0.2, -0.15) is 11.3 Å². The zero-order chi connectivity index (χ0) is 14.9. The van der Waals surface area contributed by atoms with Crippen LogP contribution >= 0.6 is 11.3 Å². The largest absolute Gasteiger partial charge is 0.320 e. The van der Waals surface area contributed by atoms with Gasteiger partial charge in [0.2, 0.25) is 0 Å². The van der Waals surface area contributed by atoms with E-state index in [-0.39, 0.29) is 6.04 Å². The van der Waals surface area contributed by atoms with Crippen molar-refractivity contribution in [3.05, 3.63) is 57.8 Å². The Kier molecular flexibility index (Phi) is 4.03. The van der Waals surface area contributed by atoms with Crippen molar-refractivity contribution in [2.45, 2.75) is 50.2 Å². The second kappa shape index (κ2) is 6.15. The van der Waals surface area contributed by atoms with Gasteiger partial charge in [0.1, 0.15) is 0 Å². The molecule has 3 unspecified atom stereocenters. The van der Waals surface area contributed by atoms with Gasteiger partial charge in [-0.05, 0) is 65.7 Å². The molecule has 1 aromatic heterocycles. The number of nitrogens with two attached hydrogens (primary N) is 1. The number of nitrogens with zero attached hydrogens (tertiary/aromatic N) is 1. The fraction of sp³-hybridized carbons (Fsp3) is 0.474. The zero-order valence-corrected chi connectivity index (χ0v) is 13.8. The molecule has 2 aromatic rings. The summed E-state index contributed by atoms with van der Waals surface area (Å²) >= 11 is 1.71. The lowest BCUT2D eigenvalue weighted by atomic mass is 9.97. The minimum absolute atomic E-state index is 0.00612. The molecule has 0 saturated carbocycles. The van der Waals surface area contributed by atoms with Crippen LogP contribution in [0.4, 0.5) is 0 Å². The van der Waals surface area contributed by atoms with E-state index in [0.29, 0.717) is 6.04 Å². The highest BCUT2D eigenvalue weighted by atomic mass is 32.1. The van der Waals surface area contributed by atoms with Gasteiger partial charge in [-0.3, -0.25) is 4.90 Å². The van der Waals surface area contributed by atoms with E-state index in [1.54, 1.807) is 11.3 Å². The average Bonchev–Trinajstić information content (AvgIpc) is 3.24. The van der Waals surface area contributed by atoms with E-state index in [9.17, 15) is 0 Å². The van der Waals surface area contributed by atoms with Crippen LogP contribution < -0.4 is 5.73 Å². The molecule has 22 heavy (non-hydrogen) atoms. The third-order valence-corrected chi connectivity index (χ3v) is 6.13. The maximum atomic E-state index is 6.37. The van der Waals surface area contributed by atoms with Crippen LogP contribution in [0.2, 0.25) is 0 Å².